The summed E-state index contributed by atoms with van der Waals surface area (Å²) in [4.78, 5) is 13.4. The maximum absolute atomic E-state index is 13.2. The predicted octanol–water partition coefficient (Wildman–Crippen LogP) is 1.92. The van der Waals surface area contributed by atoms with Gasteiger partial charge in [0.15, 0.2) is 0 Å². The van der Waals surface area contributed by atoms with Crippen molar-refractivity contribution < 1.29 is 18.1 Å². The summed E-state index contributed by atoms with van der Waals surface area (Å²) in [7, 11) is 0. The maximum Gasteiger partial charge on any atom is 0.317 e. The molecular formula is C12H15F2N3O2. The van der Waals surface area contributed by atoms with Crippen LogP contribution in [0.2, 0.25) is 0 Å². The van der Waals surface area contributed by atoms with E-state index in [1.165, 1.54) is 11.2 Å². The Morgan fingerprint density at radius 1 is 1.63 bits per heavy atom. The van der Waals surface area contributed by atoms with Crippen LogP contribution in [0.4, 0.5) is 13.6 Å². The molecule has 5 nitrogen and oxygen atoms in total. The van der Waals surface area contributed by atoms with E-state index in [0.717, 1.165) is 5.56 Å². The molecule has 1 aromatic rings. The van der Waals surface area contributed by atoms with E-state index in [1.807, 2.05) is 0 Å². The Balaban J connectivity index is 1.54. The van der Waals surface area contributed by atoms with Gasteiger partial charge in [-0.2, -0.15) is 0 Å². The summed E-state index contributed by atoms with van der Waals surface area (Å²) in [5.41, 5.74) is 0.559. The van der Waals surface area contributed by atoms with Gasteiger partial charge >= 0.3 is 6.03 Å². The number of alkyl halides is 2. The molecule has 1 N–H and O–H groups in total. The third-order valence-corrected chi connectivity index (χ3v) is 4.13. The Morgan fingerprint density at radius 3 is 2.89 bits per heavy atom. The van der Waals surface area contributed by atoms with Crippen molar-refractivity contribution >= 4 is 6.03 Å². The van der Waals surface area contributed by atoms with E-state index in [9.17, 15) is 13.6 Å². The number of amides is 2. The zero-order chi connectivity index (χ0) is 13.7. The van der Waals surface area contributed by atoms with E-state index in [4.69, 9.17) is 4.52 Å². The van der Waals surface area contributed by atoms with Gasteiger partial charge < -0.3 is 14.7 Å². The van der Waals surface area contributed by atoms with Crippen molar-refractivity contribution in [2.45, 2.75) is 32.2 Å². The zero-order valence-electron chi connectivity index (χ0n) is 10.6. The van der Waals surface area contributed by atoms with Crippen LogP contribution in [0, 0.1) is 12.3 Å². The van der Waals surface area contributed by atoms with Gasteiger partial charge in [-0.25, -0.2) is 13.6 Å². The highest BCUT2D eigenvalue weighted by Gasteiger charge is 2.73. The third kappa shape index (κ3) is 1.97. The molecule has 1 aliphatic heterocycles. The van der Waals surface area contributed by atoms with Gasteiger partial charge in [0, 0.05) is 31.6 Å². The number of halogens is 2. The number of carbonyl (C=O) groups is 1. The first kappa shape index (κ1) is 12.4. The lowest BCUT2D eigenvalue weighted by Gasteiger charge is -2.17. The molecule has 1 atom stereocenters. The first-order chi connectivity index (χ1) is 8.94. The summed E-state index contributed by atoms with van der Waals surface area (Å²) in [6.45, 7) is 2.62. The summed E-state index contributed by atoms with van der Waals surface area (Å²) < 4.78 is 31.2. The molecule has 104 valence electrons. The number of aryl methyl sites for hydroxylation is 1. The molecule has 0 bridgehead atoms. The van der Waals surface area contributed by atoms with E-state index < -0.39 is 11.3 Å². The van der Waals surface area contributed by atoms with Crippen LogP contribution in [0.3, 0.4) is 0 Å². The molecule has 1 aliphatic carbocycles. The minimum atomic E-state index is -2.59. The smallest absolute Gasteiger partial charge is 0.317 e. The van der Waals surface area contributed by atoms with Gasteiger partial charge in [0.2, 0.25) is 0 Å². The van der Waals surface area contributed by atoms with Gasteiger partial charge in [-0.3, -0.25) is 0 Å². The second-order valence-electron chi connectivity index (χ2n) is 5.42. The highest BCUT2D eigenvalue weighted by molar-refractivity contribution is 5.74. The topological polar surface area (TPSA) is 58.4 Å². The van der Waals surface area contributed by atoms with Gasteiger partial charge in [-0.05, 0) is 13.3 Å². The van der Waals surface area contributed by atoms with E-state index in [2.05, 4.69) is 10.5 Å². The monoisotopic (exact) mass is 271 g/mol. The summed E-state index contributed by atoms with van der Waals surface area (Å²) in [6.07, 6.45) is 1.77. The van der Waals surface area contributed by atoms with Crippen LogP contribution >= 0.6 is 0 Å². The second kappa shape index (κ2) is 3.91. The van der Waals surface area contributed by atoms with Gasteiger partial charge in [0.05, 0.1) is 11.1 Å². The summed E-state index contributed by atoms with van der Waals surface area (Å²) in [5.74, 6) is -2.59. The average molecular weight is 271 g/mol. The minimum absolute atomic E-state index is 0.0888. The van der Waals surface area contributed by atoms with Crippen molar-refractivity contribution in [2.75, 3.05) is 13.1 Å². The Labute approximate surface area is 108 Å². The Morgan fingerprint density at radius 2 is 2.37 bits per heavy atom. The van der Waals surface area contributed by atoms with E-state index in [0.29, 0.717) is 25.2 Å². The Bertz CT molecular complexity index is 517. The average Bonchev–Trinajstić information content (AvgIpc) is 2.77. The molecule has 1 spiro atoms. The van der Waals surface area contributed by atoms with E-state index in [1.54, 1.807) is 6.92 Å². The minimum Gasteiger partial charge on any atom is -0.364 e. The van der Waals surface area contributed by atoms with E-state index in [-0.39, 0.29) is 19.0 Å². The van der Waals surface area contributed by atoms with Crippen LogP contribution < -0.4 is 5.32 Å². The van der Waals surface area contributed by atoms with Crippen LogP contribution in [0.15, 0.2) is 10.8 Å². The van der Waals surface area contributed by atoms with Crippen LogP contribution in [-0.2, 0) is 6.54 Å². The highest BCUT2D eigenvalue weighted by Crippen LogP contribution is 2.64. The summed E-state index contributed by atoms with van der Waals surface area (Å²) >= 11 is 0. The predicted molar refractivity (Wildman–Crippen MR) is 61.7 cm³/mol. The molecule has 0 radical (unpaired) electrons. The van der Waals surface area contributed by atoms with Crippen molar-refractivity contribution in [1.29, 1.82) is 0 Å². The number of urea groups is 1. The summed E-state index contributed by atoms with van der Waals surface area (Å²) in [6, 6.07) is -0.305. The fourth-order valence-electron chi connectivity index (χ4n) is 2.63. The van der Waals surface area contributed by atoms with Crippen LogP contribution in [-0.4, -0.2) is 35.1 Å². The van der Waals surface area contributed by atoms with Gasteiger partial charge in [-0.1, -0.05) is 5.16 Å². The Kier molecular flexibility index (Phi) is 2.55. The normalized spacial score (nSPS) is 27.8. The van der Waals surface area contributed by atoms with Crippen molar-refractivity contribution in [1.82, 2.24) is 15.4 Å². The molecule has 0 aromatic carbocycles. The molecule has 1 saturated carbocycles. The number of nitrogens with one attached hydrogen (secondary N) is 1. The van der Waals surface area contributed by atoms with Gasteiger partial charge in [0.1, 0.15) is 6.26 Å². The van der Waals surface area contributed by atoms with Crippen molar-refractivity contribution in [2.24, 2.45) is 5.41 Å². The molecule has 2 fully saturated rings. The maximum atomic E-state index is 13.2. The lowest BCUT2D eigenvalue weighted by molar-refractivity contribution is 0.0675. The van der Waals surface area contributed by atoms with E-state index >= 15 is 0 Å². The first-order valence-electron chi connectivity index (χ1n) is 6.24. The number of hydrogen-bond acceptors (Lipinski definition) is 3. The van der Waals surface area contributed by atoms with Gasteiger partial charge in [-0.15, -0.1) is 0 Å². The fourth-order valence-corrected chi connectivity index (χ4v) is 2.63. The molecule has 1 unspecified atom stereocenters. The lowest BCUT2D eigenvalue weighted by Crippen LogP contribution is -2.38. The fraction of sp³-hybridized carbons (Fsp3) is 0.667. The quantitative estimate of drug-likeness (QED) is 0.894. The van der Waals surface area contributed by atoms with Crippen LogP contribution in [0.5, 0.6) is 0 Å². The zero-order valence-corrected chi connectivity index (χ0v) is 10.6. The number of hydrogen-bond donors (Lipinski definition) is 1. The molecule has 7 heteroatoms. The van der Waals surface area contributed by atoms with Crippen molar-refractivity contribution in [3.8, 4) is 0 Å². The second-order valence-corrected chi connectivity index (χ2v) is 5.42. The standard InChI is InChI=1S/C12H15F2N3O2/c1-8-9(5-19-16-8)4-15-10(18)17-3-2-11(7-17)6-12(11,13)14/h5H,2-4,6-7H2,1H3,(H,15,18). The first-order valence-corrected chi connectivity index (χ1v) is 6.24. The van der Waals surface area contributed by atoms with Crippen molar-refractivity contribution in [3.05, 3.63) is 17.5 Å². The number of nitrogens with zero attached hydrogens (tertiary/aromatic N) is 2. The number of rotatable bonds is 2. The number of carbonyl (C=O) groups excluding carboxylic acids is 1. The number of likely N-dealkylation sites (tertiary alicyclic amines) is 1. The molecule has 2 heterocycles. The summed E-state index contributed by atoms with van der Waals surface area (Å²) in [5, 5.41) is 6.41. The molecule has 3 rings (SSSR count). The SMILES string of the molecule is Cc1nocc1CNC(=O)N1CCC2(C1)CC2(F)F. The molecule has 2 amide bonds. The highest BCUT2D eigenvalue weighted by atomic mass is 19.3. The van der Waals surface area contributed by atoms with Crippen molar-refractivity contribution in [3.63, 3.8) is 0 Å². The van der Waals surface area contributed by atoms with Crippen LogP contribution in [0.1, 0.15) is 24.1 Å². The third-order valence-electron chi connectivity index (χ3n) is 4.13. The lowest BCUT2D eigenvalue weighted by atomic mass is 10.1. The molecule has 19 heavy (non-hydrogen) atoms. The molecule has 1 saturated heterocycles. The molecule has 2 aliphatic rings. The Hall–Kier alpha value is -1.66. The molecular weight excluding hydrogens is 256 g/mol. The molecule has 1 aromatic heterocycles. The number of aromatic nitrogens is 1. The van der Waals surface area contributed by atoms with Gasteiger partial charge in [0.25, 0.3) is 5.92 Å². The largest absolute Gasteiger partial charge is 0.364 e. The van der Waals surface area contributed by atoms with Crippen LogP contribution in [0.25, 0.3) is 0 Å².